The molecule has 0 aliphatic carbocycles. The van der Waals surface area contributed by atoms with Gasteiger partial charge in [-0.05, 0) is 35.7 Å². The molecule has 1 saturated heterocycles. The van der Waals surface area contributed by atoms with Crippen molar-refractivity contribution in [3.05, 3.63) is 71.8 Å². The van der Waals surface area contributed by atoms with Gasteiger partial charge in [0, 0.05) is 19.5 Å². The molecule has 0 unspecified atom stereocenters. The van der Waals surface area contributed by atoms with E-state index < -0.39 is 26.4 Å². The van der Waals surface area contributed by atoms with Crippen molar-refractivity contribution in [2.45, 2.75) is 82.5 Å². The fraction of sp³-hybridized carbons (Fsp3) is 0.519. The number of hydrogen-bond acceptors (Lipinski definition) is 4. The fourth-order valence-corrected chi connectivity index (χ4v) is 5.50. The fourth-order valence-electron chi connectivity index (χ4n) is 4.15. The summed E-state index contributed by atoms with van der Waals surface area (Å²) in [5, 5.41) is 21.7. The van der Waals surface area contributed by atoms with Gasteiger partial charge in [-0.3, -0.25) is 4.79 Å². The molecular weight excluding hydrogens is 430 g/mol. The van der Waals surface area contributed by atoms with Gasteiger partial charge in [0.1, 0.15) is 0 Å². The lowest BCUT2D eigenvalue weighted by Gasteiger charge is -2.41. The number of benzene rings is 2. The average molecular weight is 470 g/mol. The van der Waals surface area contributed by atoms with Crippen molar-refractivity contribution in [2.24, 2.45) is 0 Å². The minimum atomic E-state index is -2.15. The number of carbonyl (C=O) groups excluding carboxylic acids is 1. The molecule has 6 heteroatoms. The molecule has 2 N–H and O–H groups in total. The van der Waals surface area contributed by atoms with E-state index in [0.29, 0.717) is 19.5 Å². The summed E-state index contributed by atoms with van der Waals surface area (Å²) in [6, 6.07) is 19.5. The van der Waals surface area contributed by atoms with Gasteiger partial charge >= 0.3 is 0 Å². The predicted molar refractivity (Wildman–Crippen MR) is 134 cm³/mol. The Hall–Kier alpha value is -1.99. The van der Waals surface area contributed by atoms with Crippen LogP contribution in [0.3, 0.4) is 0 Å². The second-order valence-electron chi connectivity index (χ2n) is 10.8. The maximum Gasteiger partial charge on any atom is 0.230 e. The highest BCUT2D eigenvalue weighted by Crippen LogP contribution is 2.38. The Balaban J connectivity index is 1.98. The number of rotatable bonds is 5. The Morgan fingerprint density at radius 2 is 1.48 bits per heavy atom. The number of hydrogen-bond donors (Lipinski definition) is 2. The summed E-state index contributed by atoms with van der Waals surface area (Å²) in [5.41, 5.74) is 1.90. The summed E-state index contributed by atoms with van der Waals surface area (Å²) < 4.78 is 6.68. The molecule has 2 aromatic rings. The summed E-state index contributed by atoms with van der Waals surface area (Å²) in [4.78, 5) is 15.8. The summed E-state index contributed by atoms with van der Waals surface area (Å²) in [6.07, 6.45) is -1.81. The number of aliphatic hydroxyl groups is 2. The largest absolute Gasteiger partial charge is 0.412 e. The maximum atomic E-state index is 13.9. The van der Waals surface area contributed by atoms with Crippen LogP contribution in [0.4, 0.5) is 0 Å². The second kappa shape index (κ2) is 10.5. The van der Waals surface area contributed by atoms with Gasteiger partial charge in [-0.2, -0.15) is 0 Å². The van der Waals surface area contributed by atoms with E-state index in [-0.39, 0.29) is 23.5 Å². The van der Waals surface area contributed by atoms with Crippen LogP contribution in [0, 0.1) is 0 Å². The van der Waals surface area contributed by atoms with Crippen LogP contribution >= 0.6 is 0 Å². The van der Waals surface area contributed by atoms with Crippen LogP contribution in [-0.4, -0.2) is 54.2 Å². The standard InChI is InChI=1S/C27H39NO4Si/c1-27(2,3)33(4,5)32-22-16-24(29)25(30)17-23(21-14-10-7-11-15-21)26(31)28(19-22)18-20-12-8-6-9-13-20/h6-15,22-25,29-30H,16-19H2,1-5H3/t22-,23+,24-,25-/m1/s1. The molecule has 5 nitrogen and oxygen atoms in total. The average Bonchev–Trinajstić information content (AvgIpc) is 2.79. The zero-order chi connectivity index (χ0) is 24.2. The van der Waals surface area contributed by atoms with Gasteiger partial charge in [0.15, 0.2) is 8.32 Å². The summed E-state index contributed by atoms with van der Waals surface area (Å²) >= 11 is 0. The van der Waals surface area contributed by atoms with E-state index >= 15 is 0 Å². The van der Waals surface area contributed by atoms with Gasteiger partial charge < -0.3 is 19.5 Å². The van der Waals surface area contributed by atoms with E-state index in [2.05, 4.69) is 33.9 Å². The van der Waals surface area contributed by atoms with Crippen LogP contribution in [-0.2, 0) is 15.8 Å². The molecule has 1 fully saturated rings. The maximum absolute atomic E-state index is 13.9. The summed E-state index contributed by atoms with van der Waals surface area (Å²) in [7, 11) is -2.15. The molecule has 33 heavy (non-hydrogen) atoms. The van der Waals surface area contributed by atoms with Crippen LogP contribution < -0.4 is 0 Å². The molecule has 1 aliphatic rings. The first kappa shape index (κ1) is 25.6. The highest BCUT2D eigenvalue weighted by Gasteiger charge is 2.42. The molecule has 180 valence electrons. The topological polar surface area (TPSA) is 70.0 Å². The van der Waals surface area contributed by atoms with Crippen molar-refractivity contribution in [3.63, 3.8) is 0 Å². The highest BCUT2D eigenvalue weighted by molar-refractivity contribution is 6.74. The summed E-state index contributed by atoms with van der Waals surface area (Å²) in [6.45, 7) is 11.7. The Kier molecular flexibility index (Phi) is 8.16. The number of carbonyl (C=O) groups is 1. The van der Waals surface area contributed by atoms with Crippen molar-refractivity contribution in [2.75, 3.05) is 6.54 Å². The van der Waals surface area contributed by atoms with Gasteiger partial charge in [-0.1, -0.05) is 81.4 Å². The van der Waals surface area contributed by atoms with E-state index in [1.807, 2.05) is 65.6 Å². The Morgan fingerprint density at radius 3 is 2.06 bits per heavy atom. The van der Waals surface area contributed by atoms with E-state index in [0.717, 1.165) is 11.1 Å². The van der Waals surface area contributed by atoms with Gasteiger partial charge in [-0.25, -0.2) is 0 Å². The third-order valence-corrected chi connectivity index (χ3v) is 11.7. The van der Waals surface area contributed by atoms with Crippen molar-refractivity contribution >= 4 is 14.2 Å². The first-order chi connectivity index (χ1) is 15.5. The smallest absolute Gasteiger partial charge is 0.230 e. The van der Waals surface area contributed by atoms with E-state index in [1.165, 1.54) is 0 Å². The molecule has 4 atom stereocenters. The molecule has 0 bridgehead atoms. The monoisotopic (exact) mass is 469 g/mol. The van der Waals surface area contributed by atoms with E-state index in [9.17, 15) is 15.0 Å². The number of aliphatic hydroxyl groups excluding tert-OH is 2. The SMILES string of the molecule is CC(C)(C)[Si](C)(C)O[C@@H]1C[C@@H](O)[C@H](O)C[C@@H](c2ccccc2)C(=O)N(Cc2ccccc2)C1. The first-order valence-electron chi connectivity index (χ1n) is 11.9. The first-order valence-corrected chi connectivity index (χ1v) is 14.8. The number of amides is 1. The highest BCUT2D eigenvalue weighted by atomic mass is 28.4. The molecule has 0 aromatic heterocycles. The van der Waals surface area contributed by atoms with Gasteiger partial charge in [-0.15, -0.1) is 0 Å². The molecule has 0 radical (unpaired) electrons. The molecule has 1 heterocycles. The lowest BCUT2D eigenvalue weighted by molar-refractivity contribution is -0.135. The third-order valence-electron chi connectivity index (χ3n) is 7.15. The zero-order valence-electron chi connectivity index (χ0n) is 20.6. The molecule has 1 amide bonds. The Bertz CT molecular complexity index is 897. The molecule has 2 aromatic carbocycles. The van der Waals surface area contributed by atoms with Crippen LogP contribution in [0.5, 0.6) is 0 Å². The molecule has 0 saturated carbocycles. The quantitative estimate of drug-likeness (QED) is 0.623. The summed E-state index contributed by atoms with van der Waals surface area (Å²) in [5.74, 6) is -0.562. The normalized spacial score (nSPS) is 25.3. The lowest BCUT2D eigenvalue weighted by atomic mass is 9.90. The van der Waals surface area contributed by atoms with Crippen LogP contribution in [0.25, 0.3) is 0 Å². The van der Waals surface area contributed by atoms with Crippen LogP contribution in [0.2, 0.25) is 18.1 Å². The van der Waals surface area contributed by atoms with Crippen LogP contribution in [0.15, 0.2) is 60.7 Å². The van der Waals surface area contributed by atoms with Crippen molar-refractivity contribution in [3.8, 4) is 0 Å². The van der Waals surface area contributed by atoms with Crippen molar-refractivity contribution < 1.29 is 19.4 Å². The van der Waals surface area contributed by atoms with Gasteiger partial charge in [0.2, 0.25) is 5.91 Å². The predicted octanol–water partition coefficient (Wildman–Crippen LogP) is 4.71. The molecule has 0 spiro atoms. The molecule has 3 rings (SSSR count). The van der Waals surface area contributed by atoms with Gasteiger partial charge in [0.05, 0.1) is 24.2 Å². The van der Waals surface area contributed by atoms with Crippen molar-refractivity contribution in [1.82, 2.24) is 4.90 Å². The minimum Gasteiger partial charge on any atom is -0.412 e. The molecule has 1 aliphatic heterocycles. The van der Waals surface area contributed by atoms with E-state index in [4.69, 9.17) is 4.43 Å². The Labute approximate surface area is 199 Å². The van der Waals surface area contributed by atoms with Gasteiger partial charge in [0.25, 0.3) is 0 Å². The minimum absolute atomic E-state index is 0.00413. The number of nitrogens with zero attached hydrogens (tertiary/aromatic N) is 1. The zero-order valence-corrected chi connectivity index (χ0v) is 21.6. The van der Waals surface area contributed by atoms with Crippen molar-refractivity contribution in [1.29, 1.82) is 0 Å². The third kappa shape index (κ3) is 6.54. The lowest BCUT2D eigenvalue weighted by Crippen LogP contribution is -2.49. The van der Waals surface area contributed by atoms with E-state index in [1.54, 1.807) is 0 Å². The van der Waals surface area contributed by atoms with Crippen LogP contribution in [0.1, 0.15) is 50.7 Å². The molecular formula is C27H39NO4Si. The Morgan fingerprint density at radius 1 is 0.939 bits per heavy atom. The second-order valence-corrected chi connectivity index (χ2v) is 15.5.